The maximum Gasteiger partial charge on any atom is 0.243 e. The van der Waals surface area contributed by atoms with Crippen LogP contribution in [0.5, 0.6) is 5.75 Å². The molecule has 0 saturated heterocycles. The normalized spacial score (nSPS) is 16.1. The minimum absolute atomic E-state index is 0.00685. The molecule has 0 aromatic heterocycles. The van der Waals surface area contributed by atoms with Crippen molar-refractivity contribution < 1.29 is 22.3 Å². The zero-order chi connectivity index (χ0) is 25.0. The number of rotatable bonds is 8. The highest BCUT2D eigenvalue weighted by atomic mass is 32.2. The summed E-state index contributed by atoms with van der Waals surface area (Å²) in [6, 6.07) is 19.2. The molecule has 3 aromatic rings. The van der Waals surface area contributed by atoms with Gasteiger partial charge in [0.15, 0.2) is 0 Å². The summed E-state index contributed by atoms with van der Waals surface area (Å²) in [6.45, 7) is 4.47. The van der Waals surface area contributed by atoms with E-state index in [1.54, 1.807) is 0 Å². The standard InChI is InChI=1S/C27H29FN2O4S/c1-19(2)34-23-11-7-20(8-12-23)18-29-27(31)17-26-25-6-4-3-5-21(25)15-16-30(26)35(32,33)24-13-9-22(28)10-14-24/h3-14,19,26H,15-18H2,1-2H3,(H,29,31)/t26-/m0/s1. The molecule has 1 aliphatic heterocycles. The van der Waals surface area contributed by atoms with Gasteiger partial charge < -0.3 is 10.1 Å². The largest absolute Gasteiger partial charge is 0.491 e. The van der Waals surface area contributed by atoms with Crippen LogP contribution in [0.1, 0.15) is 43.0 Å². The molecule has 0 unspecified atom stereocenters. The van der Waals surface area contributed by atoms with Crippen molar-refractivity contribution in [2.24, 2.45) is 0 Å². The number of carbonyl (C=O) groups excluding carboxylic acids is 1. The molecule has 35 heavy (non-hydrogen) atoms. The van der Waals surface area contributed by atoms with Gasteiger partial charge in [0.25, 0.3) is 0 Å². The summed E-state index contributed by atoms with van der Waals surface area (Å²) >= 11 is 0. The molecule has 1 N–H and O–H groups in total. The van der Waals surface area contributed by atoms with Gasteiger partial charge in [-0.1, -0.05) is 36.4 Å². The topological polar surface area (TPSA) is 75.7 Å². The average Bonchev–Trinajstić information content (AvgIpc) is 2.83. The molecular weight excluding hydrogens is 467 g/mol. The van der Waals surface area contributed by atoms with Gasteiger partial charge in [0.05, 0.1) is 17.0 Å². The summed E-state index contributed by atoms with van der Waals surface area (Å²) in [5.74, 6) is -0.00304. The Morgan fingerprint density at radius 1 is 1.06 bits per heavy atom. The number of nitrogens with one attached hydrogen (secondary N) is 1. The Kier molecular flexibility index (Phi) is 7.52. The molecule has 0 fully saturated rings. The fourth-order valence-corrected chi connectivity index (χ4v) is 5.88. The average molecular weight is 497 g/mol. The predicted octanol–water partition coefficient (Wildman–Crippen LogP) is 4.61. The predicted molar refractivity (Wildman–Crippen MR) is 132 cm³/mol. The lowest BCUT2D eigenvalue weighted by Gasteiger charge is -2.36. The first-order valence-electron chi connectivity index (χ1n) is 11.6. The summed E-state index contributed by atoms with van der Waals surface area (Å²) in [5, 5.41) is 2.91. The summed E-state index contributed by atoms with van der Waals surface area (Å²) in [7, 11) is -3.93. The second-order valence-corrected chi connectivity index (χ2v) is 10.7. The van der Waals surface area contributed by atoms with Crippen molar-refractivity contribution in [2.45, 2.75) is 50.3 Å². The van der Waals surface area contributed by atoms with Gasteiger partial charge in [-0.25, -0.2) is 12.8 Å². The third-order valence-corrected chi connectivity index (χ3v) is 7.87. The molecule has 1 amide bonds. The molecular formula is C27H29FN2O4S. The van der Waals surface area contributed by atoms with Gasteiger partial charge in [-0.2, -0.15) is 4.31 Å². The van der Waals surface area contributed by atoms with Crippen molar-refractivity contribution in [2.75, 3.05) is 6.54 Å². The van der Waals surface area contributed by atoms with Crippen molar-refractivity contribution in [1.82, 2.24) is 9.62 Å². The summed E-state index contributed by atoms with van der Waals surface area (Å²) in [4.78, 5) is 13.0. The van der Waals surface area contributed by atoms with Gasteiger partial charge in [0.1, 0.15) is 11.6 Å². The van der Waals surface area contributed by atoms with Crippen LogP contribution >= 0.6 is 0 Å². The fourth-order valence-electron chi connectivity index (χ4n) is 4.28. The fraction of sp³-hybridized carbons (Fsp3) is 0.296. The molecule has 1 aliphatic rings. The Labute approximate surface area is 205 Å². The molecule has 4 rings (SSSR count). The molecule has 1 heterocycles. The molecule has 0 aliphatic carbocycles. The zero-order valence-corrected chi connectivity index (χ0v) is 20.6. The zero-order valence-electron chi connectivity index (χ0n) is 19.8. The Balaban J connectivity index is 1.51. The van der Waals surface area contributed by atoms with Crippen LogP contribution in [0.4, 0.5) is 4.39 Å². The number of carbonyl (C=O) groups is 1. The van der Waals surface area contributed by atoms with Gasteiger partial charge >= 0.3 is 0 Å². The number of benzene rings is 3. The molecule has 184 valence electrons. The van der Waals surface area contributed by atoms with E-state index < -0.39 is 21.9 Å². The third-order valence-electron chi connectivity index (χ3n) is 5.95. The maximum atomic E-state index is 13.4. The van der Waals surface area contributed by atoms with Crippen LogP contribution in [0, 0.1) is 5.82 Å². The number of halogens is 1. The van der Waals surface area contributed by atoms with E-state index in [2.05, 4.69) is 5.32 Å². The van der Waals surface area contributed by atoms with Gasteiger partial charge in [0, 0.05) is 19.5 Å². The van der Waals surface area contributed by atoms with Crippen LogP contribution in [0.2, 0.25) is 0 Å². The molecule has 6 nitrogen and oxygen atoms in total. The SMILES string of the molecule is CC(C)Oc1ccc(CNC(=O)C[C@H]2c3ccccc3CCN2S(=O)(=O)c2ccc(F)cc2)cc1. The van der Waals surface area contributed by atoms with Gasteiger partial charge in [-0.15, -0.1) is 0 Å². The van der Waals surface area contributed by atoms with E-state index in [-0.39, 0.29) is 29.9 Å². The summed E-state index contributed by atoms with van der Waals surface area (Å²) in [6.07, 6.45) is 0.596. The lowest BCUT2D eigenvalue weighted by Crippen LogP contribution is -2.42. The first-order valence-corrected chi connectivity index (χ1v) is 13.1. The minimum atomic E-state index is -3.93. The number of ether oxygens (including phenoxy) is 1. The highest BCUT2D eigenvalue weighted by molar-refractivity contribution is 7.89. The lowest BCUT2D eigenvalue weighted by molar-refractivity contribution is -0.122. The van der Waals surface area contributed by atoms with Gasteiger partial charge in [0.2, 0.25) is 15.9 Å². The van der Waals surface area contributed by atoms with Crippen molar-refractivity contribution in [3.63, 3.8) is 0 Å². The van der Waals surface area contributed by atoms with E-state index in [1.807, 2.05) is 62.4 Å². The number of fused-ring (bicyclic) bond motifs is 1. The number of hydrogen-bond acceptors (Lipinski definition) is 4. The van der Waals surface area contributed by atoms with E-state index in [0.29, 0.717) is 13.0 Å². The molecule has 0 spiro atoms. The van der Waals surface area contributed by atoms with Crippen LogP contribution < -0.4 is 10.1 Å². The number of amides is 1. The number of nitrogens with zero attached hydrogens (tertiary/aromatic N) is 1. The highest BCUT2D eigenvalue weighted by Crippen LogP contribution is 2.36. The van der Waals surface area contributed by atoms with Crippen LogP contribution in [0.3, 0.4) is 0 Å². The molecule has 0 bridgehead atoms. The van der Waals surface area contributed by atoms with E-state index in [4.69, 9.17) is 4.74 Å². The molecule has 8 heteroatoms. The maximum absolute atomic E-state index is 13.4. The Bertz CT molecular complexity index is 1280. The van der Waals surface area contributed by atoms with Crippen molar-refractivity contribution in [3.8, 4) is 5.75 Å². The molecule has 3 aromatic carbocycles. The quantitative estimate of drug-likeness (QED) is 0.494. The van der Waals surface area contributed by atoms with E-state index in [0.717, 1.165) is 34.6 Å². The second-order valence-electron chi connectivity index (χ2n) is 8.83. The second kappa shape index (κ2) is 10.6. The number of sulfonamides is 1. The third kappa shape index (κ3) is 5.89. The molecule has 0 saturated carbocycles. The van der Waals surface area contributed by atoms with E-state index >= 15 is 0 Å². The van der Waals surface area contributed by atoms with Crippen LogP contribution in [-0.2, 0) is 27.8 Å². The molecule has 0 radical (unpaired) electrons. The van der Waals surface area contributed by atoms with Crippen molar-refractivity contribution in [3.05, 3.63) is 95.3 Å². The van der Waals surface area contributed by atoms with Crippen LogP contribution in [-0.4, -0.2) is 31.3 Å². The minimum Gasteiger partial charge on any atom is -0.491 e. The Hall–Kier alpha value is -3.23. The van der Waals surface area contributed by atoms with Crippen molar-refractivity contribution >= 4 is 15.9 Å². The lowest BCUT2D eigenvalue weighted by atomic mass is 9.92. The first kappa shape index (κ1) is 24.9. The highest BCUT2D eigenvalue weighted by Gasteiger charge is 2.37. The summed E-state index contributed by atoms with van der Waals surface area (Å²) < 4.78 is 47.3. The van der Waals surface area contributed by atoms with Crippen LogP contribution in [0.15, 0.2) is 77.7 Å². The van der Waals surface area contributed by atoms with E-state index in [9.17, 15) is 17.6 Å². The monoisotopic (exact) mass is 496 g/mol. The van der Waals surface area contributed by atoms with Crippen molar-refractivity contribution in [1.29, 1.82) is 0 Å². The smallest absolute Gasteiger partial charge is 0.243 e. The Morgan fingerprint density at radius 2 is 1.74 bits per heavy atom. The Morgan fingerprint density at radius 3 is 2.43 bits per heavy atom. The first-order chi connectivity index (χ1) is 16.7. The van der Waals surface area contributed by atoms with Crippen LogP contribution in [0.25, 0.3) is 0 Å². The van der Waals surface area contributed by atoms with Gasteiger partial charge in [-0.3, -0.25) is 4.79 Å². The summed E-state index contributed by atoms with van der Waals surface area (Å²) in [5.41, 5.74) is 2.75. The van der Waals surface area contributed by atoms with Gasteiger partial charge in [-0.05, 0) is 73.4 Å². The number of hydrogen-bond donors (Lipinski definition) is 1. The molecule has 1 atom stereocenters. The van der Waals surface area contributed by atoms with E-state index in [1.165, 1.54) is 16.4 Å².